The molecule has 7 heteroatoms. The van der Waals surface area contributed by atoms with E-state index in [0.29, 0.717) is 39.1 Å². The summed E-state index contributed by atoms with van der Waals surface area (Å²) in [6.07, 6.45) is 1.14. The molecule has 0 unspecified atom stereocenters. The van der Waals surface area contributed by atoms with Crippen LogP contribution in [0.15, 0.2) is 24.3 Å². The molecule has 6 nitrogen and oxygen atoms in total. The van der Waals surface area contributed by atoms with E-state index in [1.807, 2.05) is 12.1 Å². The Kier molecular flexibility index (Phi) is 7.28. The van der Waals surface area contributed by atoms with Crippen LogP contribution in [-0.4, -0.2) is 50.6 Å². The molecule has 0 radical (unpaired) electrons. The quantitative estimate of drug-likeness (QED) is 0.719. The molecule has 0 aromatic heterocycles. The van der Waals surface area contributed by atoms with Crippen molar-refractivity contribution in [2.24, 2.45) is 5.92 Å². The lowest BCUT2D eigenvalue weighted by Gasteiger charge is -2.30. The molecule has 152 valence electrons. The predicted octanol–water partition coefficient (Wildman–Crippen LogP) is 2.54. The standard InChI is InChI=1S/C20H32N2O4S/c1-5-27(24,25)22-13-10-16(11-14-22)19(23)21-12-15-26-18-8-6-17(7-9-18)20(2,3)4/h6-9,16H,5,10-15H2,1-4H3,(H,21,23). The van der Waals surface area contributed by atoms with E-state index in [1.54, 1.807) is 6.92 Å². The lowest BCUT2D eigenvalue weighted by atomic mass is 9.87. The van der Waals surface area contributed by atoms with Gasteiger partial charge in [-0.05, 0) is 42.9 Å². The van der Waals surface area contributed by atoms with Gasteiger partial charge in [-0.15, -0.1) is 0 Å². The van der Waals surface area contributed by atoms with E-state index < -0.39 is 10.0 Å². The van der Waals surface area contributed by atoms with E-state index in [2.05, 4.69) is 38.2 Å². The molecule has 1 aliphatic heterocycles. The highest BCUT2D eigenvalue weighted by molar-refractivity contribution is 7.89. The maximum absolute atomic E-state index is 12.3. The zero-order valence-electron chi connectivity index (χ0n) is 16.8. The normalized spacial score (nSPS) is 16.9. The third-order valence-electron chi connectivity index (χ3n) is 4.97. The Labute approximate surface area is 163 Å². The molecular formula is C20H32N2O4S. The van der Waals surface area contributed by atoms with Crippen LogP contribution in [0.25, 0.3) is 0 Å². The van der Waals surface area contributed by atoms with Crippen LogP contribution in [0.5, 0.6) is 5.75 Å². The number of benzene rings is 1. The van der Waals surface area contributed by atoms with Gasteiger partial charge in [0.05, 0.1) is 12.3 Å². The predicted molar refractivity (Wildman–Crippen MR) is 107 cm³/mol. The summed E-state index contributed by atoms with van der Waals surface area (Å²) in [4.78, 5) is 12.3. The third-order valence-corrected chi connectivity index (χ3v) is 6.85. The molecule has 1 aromatic rings. The zero-order valence-corrected chi connectivity index (χ0v) is 17.6. The van der Waals surface area contributed by atoms with Crippen molar-refractivity contribution in [1.82, 2.24) is 9.62 Å². The van der Waals surface area contributed by atoms with Crippen molar-refractivity contribution in [2.75, 3.05) is 32.0 Å². The first-order chi connectivity index (χ1) is 12.6. The summed E-state index contributed by atoms with van der Waals surface area (Å²) in [5, 5.41) is 2.89. The lowest BCUT2D eigenvalue weighted by Crippen LogP contribution is -2.44. The van der Waals surface area contributed by atoms with Crippen LogP contribution in [0, 0.1) is 5.92 Å². The first-order valence-corrected chi connectivity index (χ1v) is 11.2. The van der Waals surface area contributed by atoms with Gasteiger partial charge >= 0.3 is 0 Å². The molecule has 0 saturated carbocycles. The van der Waals surface area contributed by atoms with Gasteiger partial charge in [0, 0.05) is 19.0 Å². The Morgan fingerprint density at radius 1 is 1.19 bits per heavy atom. The van der Waals surface area contributed by atoms with Crippen LogP contribution in [0.3, 0.4) is 0 Å². The van der Waals surface area contributed by atoms with Gasteiger partial charge < -0.3 is 10.1 Å². The number of piperidine rings is 1. The molecule has 0 bridgehead atoms. The number of nitrogens with zero attached hydrogens (tertiary/aromatic N) is 1. The molecule has 0 aliphatic carbocycles. The third kappa shape index (κ3) is 6.21. The number of hydrogen-bond donors (Lipinski definition) is 1. The van der Waals surface area contributed by atoms with Gasteiger partial charge in [0.25, 0.3) is 0 Å². The van der Waals surface area contributed by atoms with Crippen molar-refractivity contribution in [1.29, 1.82) is 0 Å². The first-order valence-electron chi connectivity index (χ1n) is 9.62. The minimum Gasteiger partial charge on any atom is -0.492 e. The van der Waals surface area contributed by atoms with Gasteiger partial charge in [0.2, 0.25) is 15.9 Å². The number of amides is 1. The average Bonchev–Trinajstić information content (AvgIpc) is 2.65. The zero-order chi connectivity index (χ0) is 20.1. The minimum atomic E-state index is -3.15. The largest absolute Gasteiger partial charge is 0.492 e. The van der Waals surface area contributed by atoms with Crippen molar-refractivity contribution < 1.29 is 17.9 Å². The van der Waals surface area contributed by atoms with Crippen molar-refractivity contribution in [3.05, 3.63) is 29.8 Å². The van der Waals surface area contributed by atoms with Gasteiger partial charge in [-0.2, -0.15) is 0 Å². The van der Waals surface area contributed by atoms with E-state index in [-0.39, 0.29) is 23.0 Å². The monoisotopic (exact) mass is 396 g/mol. The Morgan fingerprint density at radius 2 is 1.78 bits per heavy atom. The fourth-order valence-corrected chi connectivity index (χ4v) is 4.25. The number of carbonyl (C=O) groups excluding carboxylic acids is 1. The number of rotatable bonds is 7. The molecule has 1 fully saturated rings. The van der Waals surface area contributed by atoms with E-state index in [0.717, 1.165) is 5.75 Å². The highest BCUT2D eigenvalue weighted by Crippen LogP contribution is 2.24. The minimum absolute atomic E-state index is 0.0183. The molecule has 1 saturated heterocycles. The summed E-state index contributed by atoms with van der Waals surface area (Å²) in [6, 6.07) is 8.02. The fourth-order valence-electron chi connectivity index (χ4n) is 3.12. The summed E-state index contributed by atoms with van der Waals surface area (Å²) < 4.78 is 30.9. The van der Waals surface area contributed by atoms with Crippen LogP contribution in [-0.2, 0) is 20.2 Å². The Morgan fingerprint density at radius 3 is 2.30 bits per heavy atom. The molecule has 1 aromatic carbocycles. The SMILES string of the molecule is CCS(=O)(=O)N1CCC(C(=O)NCCOc2ccc(C(C)(C)C)cc2)CC1. The van der Waals surface area contributed by atoms with E-state index >= 15 is 0 Å². The van der Waals surface area contributed by atoms with Crippen LogP contribution in [0.2, 0.25) is 0 Å². The molecule has 2 rings (SSSR count). The fraction of sp³-hybridized carbons (Fsp3) is 0.650. The summed E-state index contributed by atoms with van der Waals surface area (Å²) in [5.74, 6) is 0.753. The molecular weight excluding hydrogens is 364 g/mol. The number of ether oxygens (including phenoxy) is 1. The maximum atomic E-state index is 12.3. The van der Waals surface area contributed by atoms with Gasteiger partial charge in [-0.3, -0.25) is 4.79 Å². The molecule has 27 heavy (non-hydrogen) atoms. The van der Waals surface area contributed by atoms with Crippen LogP contribution < -0.4 is 10.1 Å². The van der Waals surface area contributed by atoms with Crippen LogP contribution in [0.4, 0.5) is 0 Å². The molecule has 0 spiro atoms. The lowest BCUT2D eigenvalue weighted by molar-refractivity contribution is -0.126. The number of sulfonamides is 1. The van der Waals surface area contributed by atoms with Gasteiger partial charge in [0.15, 0.2) is 0 Å². The number of nitrogens with one attached hydrogen (secondary N) is 1. The topological polar surface area (TPSA) is 75.7 Å². The van der Waals surface area contributed by atoms with Crippen LogP contribution >= 0.6 is 0 Å². The molecule has 1 amide bonds. The summed E-state index contributed by atoms with van der Waals surface area (Å²) in [5.41, 5.74) is 1.36. The van der Waals surface area contributed by atoms with Crippen LogP contribution in [0.1, 0.15) is 46.1 Å². The van der Waals surface area contributed by atoms with Crippen molar-refractivity contribution in [3.63, 3.8) is 0 Å². The molecule has 1 aliphatic rings. The van der Waals surface area contributed by atoms with Crippen molar-refractivity contribution in [2.45, 2.75) is 46.0 Å². The summed E-state index contributed by atoms with van der Waals surface area (Å²) in [7, 11) is -3.15. The number of carbonyl (C=O) groups is 1. The molecule has 0 atom stereocenters. The van der Waals surface area contributed by atoms with Gasteiger partial charge in [-0.1, -0.05) is 32.9 Å². The van der Waals surface area contributed by atoms with Gasteiger partial charge in [0.1, 0.15) is 12.4 Å². The highest BCUT2D eigenvalue weighted by atomic mass is 32.2. The van der Waals surface area contributed by atoms with E-state index in [9.17, 15) is 13.2 Å². The smallest absolute Gasteiger partial charge is 0.223 e. The highest BCUT2D eigenvalue weighted by Gasteiger charge is 2.29. The first kappa shape index (κ1) is 21.7. The Hall–Kier alpha value is -1.60. The molecule has 1 heterocycles. The average molecular weight is 397 g/mol. The van der Waals surface area contributed by atoms with E-state index in [1.165, 1.54) is 9.87 Å². The summed E-state index contributed by atoms with van der Waals surface area (Å²) >= 11 is 0. The van der Waals surface area contributed by atoms with Crippen molar-refractivity contribution in [3.8, 4) is 5.75 Å². The number of hydrogen-bond acceptors (Lipinski definition) is 4. The molecule has 1 N–H and O–H groups in total. The second-order valence-corrected chi connectivity index (χ2v) is 10.2. The van der Waals surface area contributed by atoms with Crippen molar-refractivity contribution >= 4 is 15.9 Å². The second kappa shape index (κ2) is 9.06. The maximum Gasteiger partial charge on any atom is 0.223 e. The second-order valence-electron chi connectivity index (χ2n) is 7.99. The Bertz CT molecular complexity index is 715. The van der Waals surface area contributed by atoms with Gasteiger partial charge in [-0.25, -0.2) is 12.7 Å². The Balaban J connectivity index is 1.70. The van der Waals surface area contributed by atoms with E-state index in [4.69, 9.17) is 4.74 Å². The summed E-state index contributed by atoms with van der Waals surface area (Å²) in [6.45, 7) is 9.83.